The summed E-state index contributed by atoms with van der Waals surface area (Å²) in [6.45, 7) is 9.36. The summed E-state index contributed by atoms with van der Waals surface area (Å²) >= 11 is 0. The molecule has 0 aromatic carbocycles. The van der Waals surface area contributed by atoms with Crippen molar-refractivity contribution in [3.05, 3.63) is 0 Å². The number of hydrogen-bond acceptors (Lipinski definition) is 3. The molecule has 0 aliphatic heterocycles. The van der Waals surface area contributed by atoms with Gasteiger partial charge in [-0.2, -0.15) is 0 Å². The highest BCUT2D eigenvalue weighted by Gasteiger charge is 2.23. The maximum absolute atomic E-state index is 11.4. The lowest BCUT2D eigenvalue weighted by atomic mass is 9.81. The Morgan fingerprint density at radius 3 is 2.33 bits per heavy atom. The lowest BCUT2D eigenvalue weighted by Gasteiger charge is -2.25. The van der Waals surface area contributed by atoms with E-state index in [2.05, 4.69) is 27.7 Å². The summed E-state index contributed by atoms with van der Waals surface area (Å²) in [7, 11) is 1.59. The predicted molar refractivity (Wildman–Crippen MR) is 60.7 cm³/mol. The quantitative estimate of drug-likeness (QED) is 0.485. The van der Waals surface area contributed by atoms with Gasteiger partial charge >= 0.3 is 5.97 Å². The zero-order chi connectivity index (χ0) is 11.9. The molecule has 0 spiro atoms. The van der Waals surface area contributed by atoms with E-state index < -0.39 is 0 Å². The number of hydrogen-bond donors (Lipinski definition) is 0. The molecule has 0 saturated heterocycles. The number of rotatable bonds is 7. The first kappa shape index (κ1) is 14.4. The van der Waals surface area contributed by atoms with Crippen molar-refractivity contribution >= 4 is 5.97 Å². The van der Waals surface area contributed by atoms with Gasteiger partial charge in [-0.05, 0) is 17.8 Å². The molecule has 0 radical (unpaired) electrons. The second-order valence-corrected chi connectivity index (χ2v) is 5.15. The summed E-state index contributed by atoms with van der Waals surface area (Å²) in [6.07, 6.45) is 1.52. The molecule has 0 aromatic rings. The van der Waals surface area contributed by atoms with Crippen molar-refractivity contribution in [1.82, 2.24) is 0 Å². The average Bonchev–Trinajstić information content (AvgIpc) is 2.00. The molecule has 0 aliphatic carbocycles. The minimum Gasteiger partial charge on any atom is -0.463 e. The van der Waals surface area contributed by atoms with Crippen LogP contribution >= 0.6 is 0 Å². The minimum atomic E-state index is -0.127. The fourth-order valence-electron chi connectivity index (χ4n) is 1.86. The molecule has 15 heavy (non-hydrogen) atoms. The standard InChI is InChI=1S/C12H24O3/c1-10(2)8-12(3,4)9-11(13)15-7-6-14-5/h10H,6-9H2,1-5H3. The first-order chi connectivity index (χ1) is 6.87. The van der Waals surface area contributed by atoms with Crippen LogP contribution in [0.25, 0.3) is 0 Å². The van der Waals surface area contributed by atoms with Gasteiger partial charge in [-0.15, -0.1) is 0 Å². The normalized spacial score (nSPS) is 11.9. The molecular formula is C12H24O3. The van der Waals surface area contributed by atoms with E-state index in [1.54, 1.807) is 7.11 Å². The Morgan fingerprint density at radius 1 is 1.27 bits per heavy atom. The average molecular weight is 216 g/mol. The Hall–Kier alpha value is -0.570. The molecule has 0 bridgehead atoms. The lowest BCUT2D eigenvalue weighted by Crippen LogP contribution is -2.21. The van der Waals surface area contributed by atoms with Crippen molar-refractivity contribution in [3.8, 4) is 0 Å². The Labute approximate surface area is 93.1 Å². The first-order valence-electron chi connectivity index (χ1n) is 5.52. The van der Waals surface area contributed by atoms with Crippen LogP contribution in [-0.2, 0) is 14.3 Å². The molecule has 0 saturated carbocycles. The maximum Gasteiger partial charge on any atom is 0.306 e. The third-order valence-corrected chi connectivity index (χ3v) is 2.13. The largest absolute Gasteiger partial charge is 0.463 e. The van der Waals surface area contributed by atoms with Crippen molar-refractivity contribution in [2.45, 2.75) is 40.5 Å². The van der Waals surface area contributed by atoms with Crippen LogP contribution < -0.4 is 0 Å². The summed E-state index contributed by atoms with van der Waals surface area (Å²) in [5.41, 5.74) is 0.0261. The van der Waals surface area contributed by atoms with Crippen LogP contribution in [0, 0.1) is 11.3 Å². The fraction of sp³-hybridized carbons (Fsp3) is 0.917. The van der Waals surface area contributed by atoms with Crippen molar-refractivity contribution in [3.63, 3.8) is 0 Å². The third-order valence-electron chi connectivity index (χ3n) is 2.13. The van der Waals surface area contributed by atoms with Gasteiger partial charge in [-0.1, -0.05) is 27.7 Å². The Kier molecular flexibility index (Phi) is 6.57. The monoisotopic (exact) mass is 216 g/mol. The first-order valence-corrected chi connectivity index (χ1v) is 5.52. The van der Waals surface area contributed by atoms with Crippen LogP contribution in [0.5, 0.6) is 0 Å². The highest BCUT2D eigenvalue weighted by Crippen LogP contribution is 2.29. The summed E-state index contributed by atoms with van der Waals surface area (Å²) in [6, 6.07) is 0. The Balaban J connectivity index is 3.83. The number of ether oxygens (including phenoxy) is 2. The van der Waals surface area contributed by atoms with E-state index in [1.165, 1.54) is 0 Å². The van der Waals surface area contributed by atoms with Crippen LogP contribution in [0.4, 0.5) is 0 Å². The highest BCUT2D eigenvalue weighted by molar-refractivity contribution is 5.70. The number of carbonyl (C=O) groups excluding carboxylic acids is 1. The van der Waals surface area contributed by atoms with E-state index in [0.717, 1.165) is 6.42 Å². The zero-order valence-corrected chi connectivity index (χ0v) is 10.6. The van der Waals surface area contributed by atoms with Crippen LogP contribution in [0.1, 0.15) is 40.5 Å². The second kappa shape index (κ2) is 6.83. The molecule has 0 unspecified atom stereocenters. The van der Waals surface area contributed by atoms with Gasteiger partial charge < -0.3 is 9.47 Å². The topological polar surface area (TPSA) is 35.5 Å². The minimum absolute atomic E-state index is 0.0261. The van der Waals surface area contributed by atoms with Crippen LogP contribution in [-0.4, -0.2) is 26.3 Å². The molecule has 3 heteroatoms. The molecule has 0 aliphatic rings. The summed E-state index contributed by atoms with van der Waals surface area (Å²) in [5.74, 6) is 0.476. The lowest BCUT2D eigenvalue weighted by molar-refractivity contribution is -0.147. The van der Waals surface area contributed by atoms with Crippen molar-refractivity contribution < 1.29 is 14.3 Å². The van der Waals surface area contributed by atoms with Crippen LogP contribution in [0.2, 0.25) is 0 Å². The maximum atomic E-state index is 11.4. The van der Waals surface area contributed by atoms with Crippen molar-refractivity contribution in [1.29, 1.82) is 0 Å². The number of methoxy groups -OCH3 is 1. The van der Waals surface area contributed by atoms with Gasteiger partial charge in [0.1, 0.15) is 6.61 Å². The van der Waals surface area contributed by atoms with E-state index >= 15 is 0 Å². The van der Waals surface area contributed by atoms with Gasteiger partial charge in [0.25, 0.3) is 0 Å². The van der Waals surface area contributed by atoms with Gasteiger partial charge in [0.2, 0.25) is 0 Å². The van der Waals surface area contributed by atoms with E-state index in [4.69, 9.17) is 9.47 Å². The van der Waals surface area contributed by atoms with Gasteiger partial charge in [0, 0.05) is 7.11 Å². The van der Waals surface area contributed by atoms with E-state index in [9.17, 15) is 4.79 Å². The zero-order valence-electron chi connectivity index (χ0n) is 10.6. The molecule has 90 valence electrons. The molecule has 0 amide bonds. The van der Waals surface area contributed by atoms with Gasteiger partial charge in [0.05, 0.1) is 13.0 Å². The van der Waals surface area contributed by atoms with Crippen molar-refractivity contribution in [2.24, 2.45) is 11.3 Å². The predicted octanol–water partition coefficient (Wildman–Crippen LogP) is 2.64. The molecule has 0 aromatic heterocycles. The Bertz CT molecular complexity index is 185. The molecule has 0 N–H and O–H groups in total. The molecule has 0 fully saturated rings. The fourth-order valence-corrected chi connectivity index (χ4v) is 1.86. The summed E-state index contributed by atoms with van der Waals surface area (Å²) in [4.78, 5) is 11.4. The molecule has 0 heterocycles. The SMILES string of the molecule is COCCOC(=O)CC(C)(C)CC(C)C. The van der Waals surface area contributed by atoms with Gasteiger partial charge in [-0.3, -0.25) is 4.79 Å². The van der Waals surface area contributed by atoms with E-state index in [1.807, 2.05) is 0 Å². The van der Waals surface area contributed by atoms with Crippen molar-refractivity contribution in [2.75, 3.05) is 20.3 Å². The smallest absolute Gasteiger partial charge is 0.306 e. The molecule has 0 rings (SSSR count). The van der Waals surface area contributed by atoms with Gasteiger partial charge in [-0.25, -0.2) is 0 Å². The molecular weight excluding hydrogens is 192 g/mol. The molecule has 3 nitrogen and oxygen atoms in total. The summed E-state index contributed by atoms with van der Waals surface area (Å²) in [5, 5.41) is 0. The van der Waals surface area contributed by atoms with E-state index in [0.29, 0.717) is 25.6 Å². The summed E-state index contributed by atoms with van der Waals surface area (Å²) < 4.78 is 9.85. The third kappa shape index (κ3) is 8.43. The van der Waals surface area contributed by atoms with E-state index in [-0.39, 0.29) is 11.4 Å². The van der Waals surface area contributed by atoms with Gasteiger partial charge in [0.15, 0.2) is 0 Å². The number of carbonyl (C=O) groups is 1. The Morgan fingerprint density at radius 2 is 1.87 bits per heavy atom. The van der Waals surface area contributed by atoms with Crippen LogP contribution in [0.3, 0.4) is 0 Å². The van der Waals surface area contributed by atoms with Crippen LogP contribution in [0.15, 0.2) is 0 Å². The second-order valence-electron chi connectivity index (χ2n) is 5.15. The number of esters is 1. The highest BCUT2D eigenvalue weighted by atomic mass is 16.6. The molecule has 0 atom stereocenters.